The Morgan fingerprint density at radius 1 is 1.09 bits per heavy atom. The second kappa shape index (κ2) is 5.47. The summed E-state index contributed by atoms with van der Waals surface area (Å²) in [5, 5.41) is 8.70. The van der Waals surface area contributed by atoms with E-state index in [4.69, 9.17) is 26.4 Å². The first-order valence-corrected chi connectivity index (χ1v) is 7.88. The Hall–Kier alpha value is -2.18. The van der Waals surface area contributed by atoms with Gasteiger partial charge in [0, 0.05) is 16.7 Å². The molecule has 3 aromatic rings. The molecular weight excluding hydrogens is 316 g/mol. The Morgan fingerprint density at radius 2 is 1.91 bits per heavy atom. The average molecular weight is 331 g/mol. The van der Waals surface area contributed by atoms with Gasteiger partial charge >= 0.3 is 0 Å². The van der Waals surface area contributed by atoms with Crippen molar-refractivity contribution in [1.29, 1.82) is 0 Å². The van der Waals surface area contributed by atoms with E-state index in [2.05, 4.69) is 15.3 Å². The van der Waals surface area contributed by atoms with Crippen LogP contribution in [0.15, 0.2) is 39.4 Å². The zero-order chi connectivity index (χ0) is 15.9. The molecule has 7 heteroatoms. The topological polar surface area (TPSA) is 91.0 Å². The van der Waals surface area contributed by atoms with Crippen LogP contribution in [0.2, 0.25) is 5.02 Å². The Labute approximate surface area is 137 Å². The lowest BCUT2D eigenvalue weighted by atomic mass is 9.99. The van der Waals surface area contributed by atoms with Crippen LogP contribution in [0.3, 0.4) is 0 Å². The van der Waals surface area contributed by atoms with Crippen LogP contribution in [0, 0.1) is 0 Å². The summed E-state index contributed by atoms with van der Waals surface area (Å²) in [5.74, 6) is 1.24. The SMILES string of the molecule is NC1(c2noc(-c3cc(-c4cccc(Cl)c4)no3)n2)CCCC1. The lowest BCUT2D eigenvalue weighted by Crippen LogP contribution is -2.34. The van der Waals surface area contributed by atoms with Crippen LogP contribution in [0.1, 0.15) is 31.5 Å². The molecule has 0 saturated heterocycles. The molecule has 0 spiro atoms. The first-order chi connectivity index (χ1) is 11.1. The van der Waals surface area contributed by atoms with Crippen LogP contribution in [-0.2, 0) is 5.54 Å². The molecule has 0 aliphatic heterocycles. The maximum atomic E-state index is 6.34. The van der Waals surface area contributed by atoms with Crippen LogP contribution >= 0.6 is 11.6 Å². The molecule has 0 unspecified atom stereocenters. The fourth-order valence-electron chi connectivity index (χ4n) is 2.92. The third-order valence-electron chi connectivity index (χ3n) is 4.21. The van der Waals surface area contributed by atoms with Gasteiger partial charge in [0.05, 0.1) is 5.54 Å². The molecule has 2 heterocycles. The smallest absolute Gasteiger partial charge is 0.296 e. The third kappa shape index (κ3) is 2.64. The summed E-state index contributed by atoms with van der Waals surface area (Å²) in [6, 6.07) is 9.13. The summed E-state index contributed by atoms with van der Waals surface area (Å²) in [4.78, 5) is 4.40. The number of nitrogens with two attached hydrogens (primary N) is 1. The van der Waals surface area contributed by atoms with Gasteiger partial charge in [0.15, 0.2) is 5.82 Å². The predicted octanol–water partition coefficient (Wildman–Crippen LogP) is 3.77. The number of hydrogen-bond donors (Lipinski definition) is 1. The molecule has 2 aromatic heterocycles. The van der Waals surface area contributed by atoms with Crippen molar-refractivity contribution in [2.45, 2.75) is 31.2 Å². The van der Waals surface area contributed by atoms with Gasteiger partial charge in [0.1, 0.15) is 5.69 Å². The quantitative estimate of drug-likeness (QED) is 0.786. The molecule has 1 fully saturated rings. The highest BCUT2D eigenvalue weighted by atomic mass is 35.5. The van der Waals surface area contributed by atoms with E-state index in [1.165, 1.54) is 0 Å². The number of benzene rings is 1. The fourth-order valence-corrected chi connectivity index (χ4v) is 3.11. The van der Waals surface area contributed by atoms with Gasteiger partial charge in [-0.2, -0.15) is 4.98 Å². The standard InChI is InChI=1S/C16H15ClN4O2/c17-11-5-3-4-10(8-11)12-9-13(22-20-12)14-19-15(21-23-14)16(18)6-1-2-7-16/h3-5,8-9H,1-2,6-7,18H2. The summed E-state index contributed by atoms with van der Waals surface area (Å²) < 4.78 is 10.6. The van der Waals surface area contributed by atoms with Gasteiger partial charge < -0.3 is 14.8 Å². The Balaban J connectivity index is 1.63. The summed E-state index contributed by atoms with van der Waals surface area (Å²) in [6.45, 7) is 0. The Bertz CT molecular complexity index is 836. The number of nitrogens with zero attached hydrogens (tertiary/aromatic N) is 3. The zero-order valence-corrected chi connectivity index (χ0v) is 13.1. The van der Waals surface area contributed by atoms with E-state index < -0.39 is 5.54 Å². The average Bonchev–Trinajstić information content (AvgIpc) is 3.27. The van der Waals surface area contributed by atoms with Crippen LogP contribution in [-0.4, -0.2) is 15.3 Å². The van der Waals surface area contributed by atoms with Crippen molar-refractivity contribution >= 4 is 11.6 Å². The second-order valence-corrected chi connectivity index (χ2v) is 6.31. The third-order valence-corrected chi connectivity index (χ3v) is 4.44. The molecule has 118 valence electrons. The maximum Gasteiger partial charge on any atom is 0.296 e. The monoisotopic (exact) mass is 330 g/mol. The predicted molar refractivity (Wildman–Crippen MR) is 84.6 cm³/mol. The van der Waals surface area contributed by atoms with Gasteiger partial charge in [-0.25, -0.2) is 0 Å². The fraction of sp³-hybridized carbons (Fsp3) is 0.312. The molecule has 1 saturated carbocycles. The first kappa shape index (κ1) is 14.4. The molecule has 1 aliphatic carbocycles. The molecule has 0 radical (unpaired) electrons. The van der Waals surface area contributed by atoms with E-state index in [-0.39, 0.29) is 5.89 Å². The molecule has 1 aliphatic rings. The van der Waals surface area contributed by atoms with Gasteiger partial charge in [-0.3, -0.25) is 0 Å². The molecule has 2 N–H and O–H groups in total. The molecule has 0 amide bonds. The molecule has 1 aromatic carbocycles. The molecular formula is C16H15ClN4O2. The minimum atomic E-state index is -0.489. The highest BCUT2D eigenvalue weighted by Gasteiger charge is 2.36. The zero-order valence-electron chi connectivity index (χ0n) is 12.3. The minimum Gasteiger partial charge on any atom is -0.350 e. The van der Waals surface area contributed by atoms with Crippen LogP contribution < -0.4 is 5.73 Å². The molecule has 23 heavy (non-hydrogen) atoms. The van der Waals surface area contributed by atoms with E-state index >= 15 is 0 Å². The van der Waals surface area contributed by atoms with E-state index in [0.29, 0.717) is 22.3 Å². The van der Waals surface area contributed by atoms with Gasteiger partial charge in [-0.15, -0.1) is 0 Å². The van der Waals surface area contributed by atoms with Crippen LogP contribution in [0.4, 0.5) is 0 Å². The van der Waals surface area contributed by atoms with Gasteiger partial charge in [0.25, 0.3) is 5.89 Å². The van der Waals surface area contributed by atoms with Crippen LogP contribution in [0.25, 0.3) is 22.9 Å². The van der Waals surface area contributed by atoms with E-state index in [9.17, 15) is 0 Å². The van der Waals surface area contributed by atoms with Crippen molar-refractivity contribution in [2.24, 2.45) is 5.73 Å². The highest BCUT2D eigenvalue weighted by molar-refractivity contribution is 6.30. The molecule has 6 nitrogen and oxygen atoms in total. The van der Waals surface area contributed by atoms with E-state index in [0.717, 1.165) is 31.2 Å². The normalized spacial score (nSPS) is 16.8. The lowest BCUT2D eigenvalue weighted by molar-refractivity contribution is 0.360. The first-order valence-electron chi connectivity index (χ1n) is 7.50. The van der Waals surface area contributed by atoms with Crippen molar-refractivity contribution in [3.63, 3.8) is 0 Å². The van der Waals surface area contributed by atoms with Gasteiger partial charge in [-0.1, -0.05) is 46.9 Å². The number of halogens is 1. The van der Waals surface area contributed by atoms with Crippen LogP contribution in [0.5, 0.6) is 0 Å². The molecule has 4 rings (SSSR count). The van der Waals surface area contributed by atoms with Crippen molar-refractivity contribution in [1.82, 2.24) is 15.3 Å². The van der Waals surface area contributed by atoms with Gasteiger partial charge in [0.2, 0.25) is 5.76 Å². The Kier molecular flexibility index (Phi) is 3.43. The number of hydrogen-bond acceptors (Lipinski definition) is 6. The largest absolute Gasteiger partial charge is 0.350 e. The summed E-state index contributed by atoms with van der Waals surface area (Å²) in [7, 11) is 0. The number of rotatable bonds is 3. The molecule has 0 bridgehead atoms. The lowest BCUT2D eigenvalue weighted by Gasteiger charge is -2.17. The summed E-state index contributed by atoms with van der Waals surface area (Å²) in [6.07, 6.45) is 3.91. The number of aromatic nitrogens is 3. The minimum absolute atomic E-state index is 0.289. The van der Waals surface area contributed by atoms with Crippen molar-refractivity contribution in [2.75, 3.05) is 0 Å². The highest BCUT2D eigenvalue weighted by Crippen LogP contribution is 2.35. The van der Waals surface area contributed by atoms with Crippen molar-refractivity contribution in [3.8, 4) is 22.9 Å². The Morgan fingerprint density at radius 3 is 2.70 bits per heavy atom. The van der Waals surface area contributed by atoms with Gasteiger partial charge in [-0.05, 0) is 25.0 Å². The summed E-state index contributed by atoms with van der Waals surface area (Å²) in [5.41, 5.74) is 7.37. The van der Waals surface area contributed by atoms with Crippen molar-refractivity contribution < 1.29 is 9.05 Å². The maximum absolute atomic E-state index is 6.34. The van der Waals surface area contributed by atoms with E-state index in [1.54, 1.807) is 12.1 Å². The van der Waals surface area contributed by atoms with E-state index in [1.807, 2.05) is 18.2 Å². The second-order valence-electron chi connectivity index (χ2n) is 5.87. The van der Waals surface area contributed by atoms with Crippen molar-refractivity contribution in [3.05, 3.63) is 41.2 Å². The molecule has 0 atom stereocenters. The summed E-state index contributed by atoms with van der Waals surface area (Å²) >= 11 is 6.00.